The maximum Gasteiger partial charge on any atom is 0.355 e. The van der Waals surface area contributed by atoms with Gasteiger partial charge in [-0.2, -0.15) is 0 Å². The number of ketones is 1. The van der Waals surface area contributed by atoms with E-state index in [4.69, 9.17) is 4.74 Å². The zero-order valence-electron chi connectivity index (χ0n) is 20.2. The first-order valence-corrected chi connectivity index (χ1v) is 11.6. The summed E-state index contributed by atoms with van der Waals surface area (Å²) < 4.78 is 21.9. The van der Waals surface area contributed by atoms with E-state index >= 15 is 0 Å². The van der Waals surface area contributed by atoms with E-state index in [2.05, 4.69) is 9.97 Å². The Morgan fingerprint density at radius 1 is 1.22 bits per heavy atom. The van der Waals surface area contributed by atoms with Gasteiger partial charge in [-0.1, -0.05) is 18.2 Å². The summed E-state index contributed by atoms with van der Waals surface area (Å²) in [7, 11) is 0. The highest BCUT2D eigenvalue weighted by molar-refractivity contribution is 6.46. The Labute approximate surface area is 207 Å². The molecule has 2 aromatic heterocycles. The number of rotatable bonds is 8. The van der Waals surface area contributed by atoms with Crippen LogP contribution in [-0.4, -0.2) is 55.4 Å². The number of hydrogen-bond donors (Lipinski definition) is 2. The standard InChI is InChI=1S/C26H27FN4O5/c1-4-36-26(35)21-15(2)19(16(3)29-21)23(32)20-22(17-8-5-6-9-18(17)27)31(25(34)24(20)33)12-7-11-30-13-10-28-14-30/h5-6,8-10,13-14,22,29,32H,4,7,11-12H2,1-3H3/b23-20+/t22-/m1/s1. The number of ether oxygens (including phenoxy) is 1. The van der Waals surface area contributed by atoms with Gasteiger partial charge in [0.15, 0.2) is 0 Å². The Morgan fingerprint density at radius 2 is 1.97 bits per heavy atom. The second kappa shape index (κ2) is 10.2. The minimum absolute atomic E-state index is 0.0948. The molecule has 0 radical (unpaired) electrons. The van der Waals surface area contributed by atoms with Crippen LogP contribution in [0.2, 0.25) is 0 Å². The lowest BCUT2D eigenvalue weighted by Gasteiger charge is -2.25. The van der Waals surface area contributed by atoms with Crippen molar-refractivity contribution in [2.24, 2.45) is 0 Å². The molecule has 10 heteroatoms. The van der Waals surface area contributed by atoms with E-state index in [1.54, 1.807) is 45.6 Å². The number of nitrogens with zero attached hydrogens (tertiary/aromatic N) is 3. The summed E-state index contributed by atoms with van der Waals surface area (Å²) in [6, 6.07) is 4.72. The molecule has 1 amide bonds. The zero-order valence-corrected chi connectivity index (χ0v) is 20.2. The summed E-state index contributed by atoms with van der Waals surface area (Å²) in [6.45, 7) is 5.75. The van der Waals surface area contributed by atoms with Gasteiger partial charge >= 0.3 is 5.97 Å². The highest BCUT2D eigenvalue weighted by Gasteiger charge is 2.47. The number of aromatic amines is 1. The first-order valence-electron chi connectivity index (χ1n) is 11.6. The summed E-state index contributed by atoms with van der Waals surface area (Å²) >= 11 is 0. The maximum absolute atomic E-state index is 15.0. The maximum atomic E-state index is 15.0. The summed E-state index contributed by atoms with van der Waals surface area (Å²) in [5.74, 6) is -3.43. The van der Waals surface area contributed by atoms with Crippen LogP contribution in [0.5, 0.6) is 0 Å². The average Bonchev–Trinajstić information content (AvgIpc) is 3.53. The first-order chi connectivity index (χ1) is 17.3. The van der Waals surface area contributed by atoms with Gasteiger partial charge < -0.3 is 24.3 Å². The van der Waals surface area contributed by atoms with E-state index in [1.165, 1.54) is 23.1 Å². The monoisotopic (exact) mass is 494 g/mol. The molecule has 0 unspecified atom stereocenters. The van der Waals surface area contributed by atoms with Crippen molar-refractivity contribution in [1.82, 2.24) is 19.4 Å². The van der Waals surface area contributed by atoms with Crippen LogP contribution in [0.15, 0.2) is 48.6 Å². The van der Waals surface area contributed by atoms with Crippen LogP contribution in [0.1, 0.15) is 52.3 Å². The molecule has 2 N–H and O–H groups in total. The number of Topliss-reactive ketones (excluding diaryl/α,β-unsaturated/α-hetero) is 1. The SMILES string of the molecule is CCOC(=O)c1[nH]c(C)c(/C(O)=C2\C(=O)C(=O)N(CCCn3ccnc3)[C@@H]2c2ccccc2F)c1C. The smallest absolute Gasteiger partial charge is 0.355 e. The molecule has 188 valence electrons. The number of nitrogens with one attached hydrogen (secondary N) is 1. The molecular weight excluding hydrogens is 467 g/mol. The molecule has 1 aromatic carbocycles. The Hall–Kier alpha value is -4.21. The normalized spacial score (nSPS) is 17.1. The minimum atomic E-state index is -1.13. The minimum Gasteiger partial charge on any atom is -0.507 e. The van der Waals surface area contributed by atoms with Gasteiger partial charge in [0.1, 0.15) is 17.3 Å². The molecule has 0 spiro atoms. The third-order valence-electron chi connectivity index (χ3n) is 6.27. The Balaban J connectivity index is 1.80. The van der Waals surface area contributed by atoms with Gasteiger partial charge in [0.05, 0.1) is 24.5 Å². The Bertz CT molecular complexity index is 1340. The predicted molar refractivity (Wildman–Crippen MR) is 128 cm³/mol. The molecule has 0 aliphatic carbocycles. The van der Waals surface area contributed by atoms with Gasteiger partial charge in [-0.05, 0) is 38.8 Å². The fourth-order valence-corrected chi connectivity index (χ4v) is 4.62. The van der Waals surface area contributed by atoms with E-state index < -0.39 is 35.3 Å². The van der Waals surface area contributed by atoms with Crippen molar-refractivity contribution in [3.63, 3.8) is 0 Å². The van der Waals surface area contributed by atoms with Crippen molar-refractivity contribution >= 4 is 23.4 Å². The lowest BCUT2D eigenvalue weighted by molar-refractivity contribution is -0.140. The van der Waals surface area contributed by atoms with Crippen LogP contribution in [0, 0.1) is 19.7 Å². The molecule has 36 heavy (non-hydrogen) atoms. The number of H-pyrrole nitrogens is 1. The van der Waals surface area contributed by atoms with Crippen molar-refractivity contribution in [3.8, 4) is 0 Å². The van der Waals surface area contributed by atoms with Crippen molar-refractivity contribution in [2.75, 3.05) is 13.2 Å². The number of imidazole rings is 1. The van der Waals surface area contributed by atoms with E-state index in [1.807, 2.05) is 4.57 Å². The number of carbonyl (C=O) groups excluding carboxylic acids is 3. The third-order valence-corrected chi connectivity index (χ3v) is 6.27. The van der Waals surface area contributed by atoms with Crippen LogP contribution in [0.3, 0.4) is 0 Å². The summed E-state index contributed by atoms with van der Waals surface area (Å²) in [4.78, 5) is 46.9. The van der Waals surface area contributed by atoms with Gasteiger partial charge in [0, 0.05) is 42.3 Å². The fraction of sp³-hybridized carbons (Fsp3) is 0.308. The highest BCUT2D eigenvalue weighted by Crippen LogP contribution is 2.41. The Morgan fingerprint density at radius 3 is 2.64 bits per heavy atom. The molecule has 1 saturated heterocycles. The van der Waals surface area contributed by atoms with E-state index in [0.29, 0.717) is 24.2 Å². The molecule has 4 rings (SSSR count). The number of halogens is 1. The zero-order chi connectivity index (χ0) is 26.0. The quantitative estimate of drug-likeness (QED) is 0.214. The van der Waals surface area contributed by atoms with Crippen LogP contribution < -0.4 is 0 Å². The molecule has 0 saturated carbocycles. The van der Waals surface area contributed by atoms with Crippen LogP contribution in [0.4, 0.5) is 4.39 Å². The Kier molecular flexibility index (Phi) is 7.05. The molecule has 1 atom stereocenters. The molecular formula is C26H27FN4O5. The van der Waals surface area contributed by atoms with Crippen molar-refractivity contribution in [2.45, 2.75) is 39.8 Å². The number of aliphatic hydroxyl groups excluding tert-OH is 1. The van der Waals surface area contributed by atoms with Crippen LogP contribution in [0.25, 0.3) is 5.76 Å². The van der Waals surface area contributed by atoms with E-state index in [-0.39, 0.29) is 35.5 Å². The number of aryl methyl sites for hydroxylation is 2. The average molecular weight is 495 g/mol. The lowest BCUT2D eigenvalue weighted by atomic mass is 9.93. The van der Waals surface area contributed by atoms with Crippen LogP contribution >= 0.6 is 0 Å². The fourth-order valence-electron chi connectivity index (χ4n) is 4.62. The summed E-state index contributed by atoms with van der Waals surface area (Å²) in [5, 5.41) is 11.4. The van der Waals surface area contributed by atoms with E-state index in [0.717, 1.165) is 0 Å². The van der Waals surface area contributed by atoms with E-state index in [9.17, 15) is 23.9 Å². The number of aliphatic hydroxyl groups is 1. The number of aromatic nitrogens is 3. The van der Waals surface area contributed by atoms with Crippen molar-refractivity contribution in [3.05, 3.63) is 82.5 Å². The van der Waals surface area contributed by atoms with Crippen molar-refractivity contribution in [1.29, 1.82) is 0 Å². The number of esters is 1. The largest absolute Gasteiger partial charge is 0.507 e. The van der Waals surface area contributed by atoms with Gasteiger partial charge in [0.2, 0.25) is 0 Å². The first kappa shape index (κ1) is 24.9. The van der Waals surface area contributed by atoms with Gasteiger partial charge in [-0.3, -0.25) is 9.59 Å². The number of hydrogen-bond acceptors (Lipinski definition) is 6. The third kappa shape index (κ3) is 4.41. The molecule has 9 nitrogen and oxygen atoms in total. The number of benzene rings is 1. The summed E-state index contributed by atoms with van der Waals surface area (Å²) in [6.07, 6.45) is 5.53. The van der Waals surface area contributed by atoms with Gasteiger partial charge in [-0.15, -0.1) is 0 Å². The van der Waals surface area contributed by atoms with Crippen molar-refractivity contribution < 1.29 is 28.6 Å². The topological polar surface area (TPSA) is 118 Å². The number of amides is 1. The molecule has 3 heterocycles. The van der Waals surface area contributed by atoms with Gasteiger partial charge in [0.25, 0.3) is 11.7 Å². The number of likely N-dealkylation sites (tertiary alicyclic amines) is 1. The molecule has 3 aromatic rings. The molecule has 0 bridgehead atoms. The van der Waals surface area contributed by atoms with Gasteiger partial charge in [-0.25, -0.2) is 14.2 Å². The molecule has 1 aliphatic heterocycles. The number of carbonyl (C=O) groups is 3. The highest BCUT2D eigenvalue weighted by atomic mass is 19.1. The second-order valence-corrected chi connectivity index (χ2v) is 8.51. The molecule has 1 aliphatic rings. The molecule has 1 fully saturated rings. The lowest BCUT2D eigenvalue weighted by Crippen LogP contribution is -2.31. The second-order valence-electron chi connectivity index (χ2n) is 8.51. The summed E-state index contributed by atoms with van der Waals surface area (Å²) in [5.41, 5.74) is 0.975. The van der Waals surface area contributed by atoms with Crippen LogP contribution in [-0.2, 0) is 20.9 Å². The predicted octanol–water partition coefficient (Wildman–Crippen LogP) is 3.66.